The Morgan fingerprint density at radius 1 is 0.857 bits per heavy atom. The predicted molar refractivity (Wildman–Crippen MR) is 110 cm³/mol. The number of pyridine rings is 1. The van der Waals surface area contributed by atoms with Crippen molar-refractivity contribution in [2.24, 2.45) is 0 Å². The van der Waals surface area contributed by atoms with Crippen molar-refractivity contribution < 1.29 is 9.47 Å². The van der Waals surface area contributed by atoms with E-state index in [2.05, 4.69) is 21.2 Å². The molecule has 1 aliphatic rings. The van der Waals surface area contributed by atoms with Gasteiger partial charge in [-0.3, -0.25) is 10.1 Å². The number of ether oxygens (including phenoxy) is 2. The lowest BCUT2D eigenvalue weighted by atomic mass is 10.1. The molecule has 0 radical (unpaired) electrons. The van der Waals surface area contributed by atoms with Crippen LogP contribution in [0.3, 0.4) is 0 Å². The Hall–Kier alpha value is -3.60. The monoisotopic (exact) mass is 369 g/mol. The van der Waals surface area contributed by atoms with E-state index in [-0.39, 0.29) is 0 Å². The molecule has 0 spiro atoms. The van der Waals surface area contributed by atoms with Crippen LogP contribution >= 0.6 is 0 Å². The van der Waals surface area contributed by atoms with Crippen LogP contribution in [0.1, 0.15) is 17.7 Å². The highest BCUT2D eigenvalue weighted by atomic mass is 16.5. The average molecular weight is 369 g/mol. The number of benzene rings is 2. The molecule has 0 amide bonds. The maximum Gasteiger partial charge on any atom is 0.128 e. The first-order chi connectivity index (χ1) is 13.9. The minimum Gasteiger partial charge on any atom is -0.493 e. The highest BCUT2D eigenvalue weighted by Crippen LogP contribution is 2.31. The molecule has 2 aromatic heterocycles. The van der Waals surface area contributed by atoms with Crippen LogP contribution in [0.15, 0.2) is 60.8 Å². The van der Waals surface area contributed by atoms with Gasteiger partial charge in [-0.25, -0.2) is 0 Å². The minimum atomic E-state index is 0.578. The summed E-state index contributed by atoms with van der Waals surface area (Å²) < 4.78 is 12.0. The zero-order chi connectivity index (χ0) is 18.8. The second kappa shape index (κ2) is 7.19. The van der Waals surface area contributed by atoms with Gasteiger partial charge in [0.05, 0.1) is 36.3 Å². The van der Waals surface area contributed by atoms with E-state index in [1.807, 2.05) is 66.9 Å². The second-order valence-corrected chi connectivity index (χ2v) is 6.64. The van der Waals surface area contributed by atoms with E-state index in [4.69, 9.17) is 9.47 Å². The molecule has 5 heteroatoms. The van der Waals surface area contributed by atoms with Crippen LogP contribution in [0.25, 0.3) is 34.3 Å². The van der Waals surface area contributed by atoms with Crippen LogP contribution in [-0.2, 0) is 0 Å². The summed E-state index contributed by atoms with van der Waals surface area (Å²) in [5.74, 6) is 1.68. The molecule has 138 valence electrons. The lowest BCUT2D eigenvalue weighted by Gasteiger charge is -2.12. The largest absolute Gasteiger partial charge is 0.493 e. The summed E-state index contributed by atoms with van der Waals surface area (Å²) in [5, 5.41) is 8.53. The Kier molecular flexibility index (Phi) is 4.26. The number of rotatable bonds is 0. The fraction of sp³-hybridized carbons (Fsp3) is 0.130. The van der Waals surface area contributed by atoms with Crippen molar-refractivity contribution in [2.45, 2.75) is 6.42 Å². The number of hydrogen-bond donors (Lipinski definition) is 1. The predicted octanol–water partition coefficient (Wildman–Crippen LogP) is 4.96. The number of hydrogen-bond acceptors (Lipinski definition) is 4. The number of H-pyrrole nitrogens is 1. The summed E-state index contributed by atoms with van der Waals surface area (Å²) in [7, 11) is 0. The molecule has 2 aromatic carbocycles. The number of aromatic nitrogens is 3. The standard InChI is InChI=1S/C23H19N3O2/c1-3-8-22-16(6-1)10-11-19-18-14-20(24-15-21(18)26-25-19)17-7-2-4-9-23(17)28-13-5-12-27-22/h1-4,6-11,14-15H,5,12-13H2,(H,25,26). The van der Waals surface area contributed by atoms with Crippen molar-refractivity contribution in [3.63, 3.8) is 0 Å². The highest BCUT2D eigenvalue weighted by Gasteiger charge is 2.12. The summed E-state index contributed by atoms with van der Waals surface area (Å²) in [6.45, 7) is 1.17. The first-order valence-corrected chi connectivity index (χ1v) is 9.35. The fourth-order valence-corrected chi connectivity index (χ4v) is 3.36. The number of nitrogens with zero attached hydrogens (tertiary/aromatic N) is 2. The van der Waals surface area contributed by atoms with Gasteiger partial charge in [0.15, 0.2) is 0 Å². The van der Waals surface area contributed by atoms with Gasteiger partial charge in [-0.2, -0.15) is 5.10 Å². The fourth-order valence-electron chi connectivity index (χ4n) is 3.36. The van der Waals surface area contributed by atoms with Crippen molar-refractivity contribution in [2.75, 3.05) is 13.2 Å². The maximum absolute atomic E-state index is 6.04. The summed E-state index contributed by atoms with van der Waals surface area (Å²) in [6.07, 6.45) is 6.66. The third-order valence-corrected chi connectivity index (χ3v) is 4.78. The Bertz CT molecular complexity index is 1160. The number of nitrogens with one attached hydrogen (secondary N) is 1. The van der Waals surface area contributed by atoms with Crippen molar-refractivity contribution in [3.8, 4) is 22.8 Å². The van der Waals surface area contributed by atoms with Crippen LogP contribution in [-0.4, -0.2) is 28.4 Å². The van der Waals surface area contributed by atoms with Crippen molar-refractivity contribution in [1.29, 1.82) is 0 Å². The van der Waals surface area contributed by atoms with E-state index < -0.39 is 0 Å². The first-order valence-electron chi connectivity index (χ1n) is 9.35. The quantitative estimate of drug-likeness (QED) is 0.476. The van der Waals surface area contributed by atoms with Gasteiger partial charge in [-0.15, -0.1) is 0 Å². The van der Waals surface area contributed by atoms with E-state index >= 15 is 0 Å². The van der Waals surface area contributed by atoms with Crippen molar-refractivity contribution in [1.82, 2.24) is 15.2 Å². The molecule has 0 saturated carbocycles. The first kappa shape index (κ1) is 16.6. The van der Waals surface area contributed by atoms with Crippen LogP contribution in [0.5, 0.6) is 11.5 Å². The highest BCUT2D eigenvalue weighted by molar-refractivity contribution is 5.91. The van der Waals surface area contributed by atoms with Gasteiger partial charge in [-0.1, -0.05) is 30.3 Å². The summed E-state index contributed by atoms with van der Waals surface area (Å²) in [4.78, 5) is 4.61. The number of para-hydroxylation sites is 2. The molecular weight excluding hydrogens is 350 g/mol. The van der Waals surface area contributed by atoms with E-state index in [0.717, 1.165) is 51.3 Å². The number of aromatic amines is 1. The summed E-state index contributed by atoms with van der Waals surface area (Å²) in [5.41, 5.74) is 4.62. The van der Waals surface area contributed by atoms with Gasteiger partial charge in [0.1, 0.15) is 11.5 Å². The maximum atomic E-state index is 6.04. The molecule has 1 N–H and O–H groups in total. The molecule has 28 heavy (non-hydrogen) atoms. The van der Waals surface area contributed by atoms with Crippen molar-refractivity contribution in [3.05, 3.63) is 72.1 Å². The lowest BCUT2D eigenvalue weighted by molar-refractivity contribution is 0.247. The molecule has 1 aliphatic heterocycles. The third kappa shape index (κ3) is 3.11. The zero-order valence-electron chi connectivity index (χ0n) is 15.3. The molecule has 2 bridgehead atoms. The molecule has 0 aliphatic carbocycles. The van der Waals surface area contributed by atoms with Gasteiger partial charge in [0.25, 0.3) is 0 Å². The molecule has 0 unspecified atom stereocenters. The lowest BCUT2D eigenvalue weighted by Crippen LogP contribution is -2.06. The second-order valence-electron chi connectivity index (χ2n) is 6.64. The van der Waals surface area contributed by atoms with E-state index in [0.29, 0.717) is 13.2 Å². The summed E-state index contributed by atoms with van der Waals surface area (Å²) in [6, 6.07) is 18.1. The molecular formula is C23H19N3O2. The smallest absolute Gasteiger partial charge is 0.128 e. The number of fused-ring (bicyclic) bond motifs is 4. The van der Waals surface area contributed by atoms with E-state index in [1.165, 1.54) is 0 Å². The van der Waals surface area contributed by atoms with E-state index in [9.17, 15) is 0 Å². The average Bonchev–Trinajstić information content (AvgIpc) is 3.14. The molecule has 3 heterocycles. The topological polar surface area (TPSA) is 60.0 Å². The van der Waals surface area contributed by atoms with Crippen LogP contribution in [0.2, 0.25) is 0 Å². The van der Waals surface area contributed by atoms with Crippen molar-refractivity contribution >= 4 is 23.1 Å². The normalized spacial score (nSPS) is 13.7. The molecule has 0 saturated heterocycles. The zero-order valence-corrected chi connectivity index (χ0v) is 15.3. The molecule has 0 fully saturated rings. The van der Waals surface area contributed by atoms with Gasteiger partial charge >= 0.3 is 0 Å². The van der Waals surface area contributed by atoms with Gasteiger partial charge in [-0.05, 0) is 36.4 Å². The molecule has 4 aromatic rings. The van der Waals surface area contributed by atoms with Gasteiger partial charge < -0.3 is 9.47 Å². The Labute approximate surface area is 162 Å². The molecule has 5 rings (SSSR count). The van der Waals surface area contributed by atoms with Gasteiger partial charge in [0.2, 0.25) is 0 Å². The van der Waals surface area contributed by atoms with Crippen LogP contribution in [0, 0.1) is 0 Å². The van der Waals surface area contributed by atoms with Crippen LogP contribution in [0.4, 0.5) is 0 Å². The van der Waals surface area contributed by atoms with Gasteiger partial charge in [0, 0.05) is 22.9 Å². The van der Waals surface area contributed by atoms with Crippen LogP contribution < -0.4 is 9.47 Å². The molecule has 0 atom stereocenters. The molecule has 5 nitrogen and oxygen atoms in total. The Balaban J connectivity index is 1.66. The minimum absolute atomic E-state index is 0.578. The summed E-state index contributed by atoms with van der Waals surface area (Å²) >= 11 is 0. The van der Waals surface area contributed by atoms with E-state index in [1.54, 1.807) is 0 Å². The Morgan fingerprint density at radius 2 is 1.64 bits per heavy atom. The Morgan fingerprint density at radius 3 is 2.57 bits per heavy atom. The third-order valence-electron chi connectivity index (χ3n) is 4.78. The SMILES string of the molecule is C1=Cc2n[nH]c3cnc(cc23)-c2ccccc2OCCCOc2ccccc21.